The summed E-state index contributed by atoms with van der Waals surface area (Å²) in [5, 5.41) is 6.38. The maximum absolute atomic E-state index is 10.9. The number of carbonyl (C=O) groups excluding carboxylic acids is 1. The Kier molecular flexibility index (Phi) is 4.93. The van der Waals surface area contributed by atoms with Gasteiger partial charge in [-0.05, 0) is 44.1 Å². The highest BCUT2D eigenvalue weighted by Crippen LogP contribution is 2.11. The van der Waals surface area contributed by atoms with Crippen molar-refractivity contribution < 1.29 is 4.79 Å². The summed E-state index contributed by atoms with van der Waals surface area (Å²) < 4.78 is 0. The fraction of sp³-hybridized carbons (Fsp3) is 0.533. The van der Waals surface area contributed by atoms with E-state index >= 15 is 0 Å². The van der Waals surface area contributed by atoms with E-state index in [1.807, 2.05) is 12.1 Å². The lowest BCUT2D eigenvalue weighted by Gasteiger charge is -2.30. The van der Waals surface area contributed by atoms with Crippen molar-refractivity contribution in [3.8, 4) is 0 Å². The van der Waals surface area contributed by atoms with Crippen molar-refractivity contribution in [3.05, 3.63) is 29.8 Å². The van der Waals surface area contributed by atoms with Crippen molar-refractivity contribution in [2.45, 2.75) is 32.4 Å². The van der Waals surface area contributed by atoms with Crippen LogP contribution in [0.25, 0.3) is 0 Å². The van der Waals surface area contributed by atoms with Crippen molar-refractivity contribution in [1.29, 1.82) is 0 Å². The first kappa shape index (κ1) is 14.0. The number of likely N-dealkylation sites (N-methyl/N-ethyl adjacent to an activating group) is 1. The number of nitrogens with zero attached hydrogens (tertiary/aromatic N) is 1. The Bertz CT molecular complexity index is 416. The highest BCUT2D eigenvalue weighted by Gasteiger charge is 2.15. The van der Waals surface area contributed by atoms with Gasteiger partial charge in [0.05, 0.1) is 0 Å². The summed E-state index contributed by atoms with van der Waals surface area (Å²) in [4.78, 5) is 13.3. The topological polar surface area (TPSA) is 44.4 Å². The standard InChI is InChI=1S/C15H23N3O/c1-12(19)17-14-7-5-13(6-8-14)10-16-15-4-3-9-18(2)11-15/h5-8,15-16H,3-4,9-11H2,1-2H3,(H,17,19). The first-order chi connectivity index (χ1) is 9.13. The Balaban J connectivity index is 1.81. The average molecular weight is 261 g/mol. The summed E-state index contributed by atoms with van der Waals surface area (Å²) >= 11 is 0. The normalized spacial score (nSPS) is 20.2. The van der Waals surface area contributed by atoms with Gasteiger partial charge in [-0.2, -0.15) is 0 Å². The van der Waals surface area contributed by atoms with Crippen LogP contribution in [0.15, 0.2) is 24.3 Å². The third-order valence-electron chi connectivity index (χ3n) is 3.49. The summed E-state index contributed by atoms with van der Waals surface area (Å²) in [5.74, 6) is -0.0314. The largest absolute Gasteiger partial charge is 0.326 e. The van der Waals surface area contributed by atoms with Gasteiger partial charge in [-0.15, -0.1) is 0 Å². The number of amides is 1. The Morgan fingerprint density at radius 2 is 2.11 bits per heavy atom. The van der Waals surface area contributed by atoms with Crippen molar-refractivity contribution in [3.63, 3.8) is 0 Å². The maximum atomic E-state index is 10.9. The summed E-state index contributed by atoms with van der Waals surface area (Å²) in [5.41, 5.74) is 2.11. The van der Waals surface area contributed by atoms with Gasteiger partial charge >= 0.3 is 0 Å². The number of likely N-dealkylation sites (tertiary alicyclic amines) is 1. The molecule has 1 saturated heterocycles. The van der Waals surface area contributed by atoms with E-state index in [1.165, 1.54) is 31.9 Å². The van der Waals surface area contributed by atoms with Crippen molar-refractivity contribution in [1.82, 2.24) is 10.2 Å². The second-order valence-electron chi connectivity index (χ2n) is 5.36. The molecule has 1 aromatic carbocycles. The molecule has 1 heterocycles. The zero-order chi connectivity index (χ0) is 13.7. The molecular formula is C15H23N3O. The lowest BCUT2D eigenvalue weighted by atomic mass is 10.1. The quantitative estimate of drug-likeness (QED) is 0.869. The molecule has 1 aromatic rings. The van der Waals surface area contributed by atoms with Crippen LogP contribution in [0.2, 0.25) is 0 Å². The summed E-state index contributed by atoms with van der Waals surface area (Å²) in [7, 11) is 2.18. The number of carbonyl (C=O) groups is 1. The molecule has 0 aromatic heterocycles. The van der Waals surface area contributed by atoms with Crippen LogP contribution < -0.4 is 10.6 Å². The zero-order valence-electron chi connectivity index (χ0n) is 11.8. The van der Waals surface area contributed by atoms with E-state index < -0.39 is 0 Å². The van der Waals surface area contributed by atoms with Crippen LogP contribution >= 0.6 is 0 Å². The lowest BCUT2D eigenvalue weighted by molar-refractivity contribution is -0.114. The summed E-state index contributed by atoms with van der Waals surface area (Å²) in [6.07, 6.45) is 2.53. The smallest absolute Gasteiger partial charge is 0.221 e. The van der Waals surface area contributed by atoms with Gasteiger partial charge in [-0.3, -0.25) is 4.79 Å². The van der Waals surface area contributed by atoms with Gasteiger partial charge in [-0.25, -0.2) is 0 Å². The number of rotatable bonds is 4. The van der Waals surface area contributed by atoms with Gasteiger partial charge in [0.15, 0.2) is 0 Å². The Morgan fingerprint density at radius 3 is 2.74 bits per heavy atom. The Hall–Kier alpha value is -1.39. The van der Waals surface area contributed by atoms with Crippen LogP contribution in [0.3, 0.4) is 0 Å². The van der Waals surface area contributed by atoms with Gasteiger partial charge in [0.2, 0.25) is 5.91 Å². The fourth-order valence-electron chi connectivity index (χ4n) is 2.50. The molecule has 1 atom stereocenters. The highest BCUT2D eigenvalue weighted by molar-refractivity contribution is 5.88. The molecular weight excluding hydrogens is 238 g/mol. The van der Waals surface area contributed by atoms with E-state index in [0.717, 1.165) is 18.8 Å². The molecule has 0 radical (unpaired) electrons. The van der Waals surface area contributed by atoms with Crippen LogP contribution in [0.5, 0.6) is 0 Å². The van der Waals surface area contributed by atoms with E-state index in [0.29, 0.717) is 6.04 Å². The number of benzene rings is 1. The Labute approximate surface area is 115 Å². The first-order valence-electron chi connectivity index (χ1n) is 6.92. The fourth-order valence-corrected chi connectivity index (χ4v) is 2.50. The molecule has 1 unspecified atom stereocenters. The predicted octanol–water partition coefficient (Wildman–Crippen LogP) is 1.83. The van der Waals surface area contributed by atoms with Crippen molar-refractivity contribution in [2.24, 2.45) is 0 Å². The van der Waals surface area contributed by atoms with Gasteiger partial charge in [-0.1, -0.05) is 12.1 Å². The van der Waals surface area contributed by atoms with Gasteiger partial charge in [0, 0.05) is 31.7 Å². The predicted molar refractivity (Wildman–Crippen MR) is 78.1 cm³/mol. The SMILES string of the molecule is CC(=O)Nc1ccc(CNC2CCCN(C)C2)cc1. The average Bonchev–Trinajstić information content (AvgIpc) is 2.37. The second kappa shape index (κ2) is 6.68. The molecule has 1 amide bonds. The van der Waals surface area contributed by atoms with Gasteiger partial charge in [0.1, 0.15) is 0 Å². The molecule has 0 aliphatic carbocycles. The van der Waals surface area contributed by atoms with Gasteiger partial charge in [0.25, 0.3) is 0 Å². The minimum atomic E-state index is -0.0314. The monoisotopic (exact) mass is 261 g/mol. The van der Waals surface area contributed by atoms with E-state index in [1.54, 1.807) is 0 Å². The lowest BCUT2D eigenvalue weighted by Crippen LogP contribution is -2.43. The number of nitrogens with one attached hydrogen (secondary N) is 2. The number of hydrogen-bond acceptors (Lipinski definition) is 3. The van der Waals surface area contributed by atoms with Crippen LogP contribution in [0.4, 0.5) is 5.69 Å². The van der Waals surface area contributed by atoms with E-state index in [4.69, 9.17) is 0 Å². The molecule has 4 nitrogen and oxygen atoms in total. The molecule has 0 bridgehead atoms. The molecule has 2 N–H and O–H groups in total. The molecule has 0 spiro atoms. The molecule has 1 aliphatic rings. The molecule has 4 heteroatoms. The first-order valence-corrected chi connectivity index (χ1v) is 6.92. The van der Waals surface area contributed by atoms with Crippen LogP contribution in [-0.4, -0.2) is 37.0 Å². The zero-order valence-corrected chi connectivity index (χ0v) is 11.8. The molecule has 2 rings (SSSR count). The van der Waals surface area contributed by atoms with Crippen molar-refractivity contribution >= 4 is 11.6 Å². The molecule has 104 valence electrons. The van der Waals surface area contributed by atoms with E-state index in [-0.39, 0.29) is 5.91 Å². The van der Waals surface area contributed by atoms with Gasteiger partial charge < -0.3 is 15.5 Å². The third kappa shape index (κ3) is 4.65. The van der Waals surface area contributed by atoms with Crippen LogP contribution in [-0.2, 0) is 11.3 Å². The summed E-state index contributed by atoms with van der Waals surface area (Å²) in [6.45, 7) is 4.75. The van der Waals surface area contributed by atoms with Crippen LogP contribution in [0, 0.1) is 0 Å². The van der Waals surface area contributed by atoms with Crippen molar-refractivity contribution in [2.75, 3.05) is 25.5 Å². The summed E-state index contributed by atoms with van der Waals surface area (Å²) in [6, 6.07) is 8.61. The minimum absolute atomic E-state index is 0.0314. The van der Waals surface area contributed by atoms with E-state index in [9.17, 15) is 4.79 Å². The van der Waals surface area contributed by atoms with E-state index in [2.05, 4.69) is 34.7 Å². The maximum Gasteiger partial charge on any atom is 0.221 e. The van der Waals surface area contributed by atoms with Crippen LogP contribution in [0.1, 0.15) is 25.3 Å². The third-order valence-corrected chi connectivity index (χ3v) is 3.49. The molecule has 1 fully saturated rings. The second-order valence-corrected chi connectivity index (χ2v) is 5.36. The molecule has 0 saturated carbocycles. The molecule has 19 heavy (non-hydrogen) atoms. The minimum Gasteiger partial charge on any atom is -0.326 e. The number of piperidine rings is 1. The number of anilines is 1. The highest BCUT2D eigenvalue weighted by atomic mass is 16.1. The molecule has 1 aliphatic heterocycles. The Morgan fingerprint density at radius 1 is 1.37 bits per heavy atom. The number of hydrogen-bond donors (Lipinski definition) is 2.